The van der Waals surface area contributed by atoms with Gasteiger partial charge in [0, 0.05) is 20.9 Å². The number of hydrogen-bond donors (Lipinski definition) is 1. The van der Waals surface area contributed by atoms with Crippen molar-refractivity contribution < 1.29 is 14.3 Å². The van der Waals surface area contributed by atoms with Gasteiger partial charge >= 0.3 is 5.85 Å². The molecule has 9 heteroatoms. The highest BCUT2D eigenvalue weighted by molar-refractivity contribution is 9.10. The maximum absolute atomic E-state index is 12.8. The minimum absolute atomic E-state index is 0.110. The van der Waals surface area contributed by atoms with Crippen molar-refractivity contribution in [3.63, 3.8) is 0 Å². The Balaban J connectivity index is 1.49. The molecule has 6 rings (SSSR count). The molecule has 1 spiro atoms. The van der Waals surface area contributed by atoms with E-state index in [1.165, 1.54) is 0 Å². The number of carbonyl (C=O) groups excluding carboxylic acids is 1. The average Bonchev–Trinajstić information content (AvgIpc) is 3.44. The quantitative estimate of drug-likeness (QED) is 0.348. The second-order valence-corrected chi connectivity index (χ2v) is 11.2. The maximum Gasteiger partial charge on any atom is 0.314 e. The Morgan fingerprint density at radius 3 is 2.60 bits per heavy atom. The molecule has 3 aliphatic rings. The van der Waals surface area contributed by atoms with Crippen LogP contribution in [0.4, 0.5) is 4.79 Å². The lowest BCUT2D eigenvalue weighted by atomic mass is 9.95. The number of amides is 1. The van der Waals surface area contributed by atoms with Crippen LogP contribution < -0.4 is 14.8 Å². The number of benzene rings is 3. The molecule has 3 aromatic carbocycles. The van der Waals surface area contributed by atoms with Crippen molar-refractivity contribution in [1.82, 2.24) is 10.3 Å². The molecular weight excluding hydrogens is 594 g/mol. The summed E-state index contributed by atoms with van der Waals surface area (Å²) < 4.78 is 13.9. The van der Waals surface area contributed by atoms with Crippen LogP contribution in [0.15, 0.2) is 85.7 Å². The molecule has 2 atom stereocenters. The van der Waals surface area contributed by atoms with E-state index in [0.29, 0.717) is 6.42 Å². The lowest BCUT2D eigenvalue weighted by Crippen LogP contribution is -2.61. The highest BCUT2D eigenvalue weighted by atomic mass is 79.9. The van der Waals surface area contributed by atoms with E-state index in [-0.39, 0.29) is 11.3 Å². The number of nitrogens with zero attached hydrogens (tertiary/aromatic N) is 2. The molecular formula is C26H19Br2N3O3S. The zero-order valence-electron chi connectivity index (χ0n) is 18.5. The Morgan fingerprint density at radius 2 is 1.86 bits per heavy atom. The van der Waals surface area contributed by atoms with Gasteiger partial charge < -0.3 is 9.47 Å². The van der Waals surface area contributed by atoms with Crippen LogP contribution in [0.1, 0.15) is 29.2 Å². The fraction of sp³-hybridized carbons (Fsp3) is 0.154. The van der Waals surface area contributed by atoms with Gasteiger partial charge in [-0.2, -0.15) is 5.10 Å². The molecule has 1 saturated heterocycles. The van der Waals surface area contributed by atoms with E-state index in [0.717, 1.165) is 59.5 Å². The van der Waals surface area contributed by atoms with Crippen LogP contribution in [0, 0.1) is 0 Å². The first-order chi connectivity index (χ1) is 16.9. The second kappa shape index (κ2) is 8.72. The van der Waals surface area contributed by atoms with Crippen LogP contribution in [0.2, 0.25) is 0 Å². The maximum atomic E-state index is 12.8. The third-order valence-electron chi connectivity index (χ3n) is 6.22. The van der Waals surface area contributed by atoms with Crippen LogP contribution in [-0.2, 0) is 0 Å². The lowest BCUT2D eigenvalue weighted by molar-refractivity contribution is -0.0949. The number of hydrazone groups is 1. The number of halogens is 2. The van der Waals surface area contributed by atoms with Gasteiger partial charge in [0.15, 0.2) is 0 Å². The van der Waals surface area contributed by atoms with Crippen LogP contribution in [0.25, 0.3) is 6.08 Å². The molecule has 0 aromatic heterocycles. The molecule has 0 bridgehead atoms. The standard InChI is InChI=1S/C26H19Br2N3O3S/c1-33-19-9-4-16(5-10-19)21-14-22-20-13-18(28)8-11-23(20)34-26(31(22)30-21)24(35-25(32)29-26)12-15-2-6-17(27)7-3-15/h2-13,22H,14H2,1H3,(H,29,32)/b24-12-/t22-,26+/m1/s1. The average molecular weight is 613 g/mol. The number of thioether (sulfide) groups is 1. The second-order valence-electron chi connectivity index (χ2n) is 8.34. The Labute approximate surface area is 223 Å². The first kappa shape index (κ1) is 22.7. The molecule has 1 N–H and O–H groups in total. The highest BCUT2D eigenvalue weighted by Gasteiger charge is 2.58. The molecule has 0 radical (unpaired) electrons. The molecule has 0 unspecified atom stereocenters. The summed E-state index contributed by atoms with van der Waals surface area (Å²) in [6.45, 7) is 0. The fourth-order valence-corrected chi connectivity index (χ4v) is 6.11. The monoisotopic (exact) mass is 611 g/mol. The van der Waals surface area contributed by atoms with Crippen LogP contribution >= 0.6 is 43.6 Å². The summed E-state index contributed by atoms with van der Waals surface area (Å²) in [5.74, 6) is 0.289. The van der Waals surface area contributed by atoms with E-state index in [1.807, 2.05) is 71.7 Å². The molecule has 176 valence electrons. The van der Waals surface area contributed by atoms with Crippen molar-refractivity contribution in [3.8, 4) is 11.5 Å². The molecule has 1 fully saturated rings. The molecule has 0 aliphatic carbocycles. The number of hydrogen-bond acceptors (Lipinski definition) is 6. The summed E-state index contributed by atoms with van der Waals surface area (Å²) in [4.78, 5) is 13.5. The van der Waals surface area contributed by atoms with Crippen molar-refractivity contribution in [1.29, 1.82) is 0 Å². The zero-order chi connectivity index (χ0) is 24.2. The predicted molar refractivity (Wildman–Crippen MR) is 144 cm³/mol. The molecule has 0 saturated carbocycles. The number of methoxy groups -OCH3 is 1. The van der Waals surface area contributed by atoms with Crippen LogP contribution in [-0.4, -0.2) is 28.9 Å². The Hall–Kier alpha value is -2.75. The number of carbonyl (C=O) groups is 1. The van der Waals surface area contributed by atoms with Gasteiger partial charge in [0.1, 0.15) is 11.5 Å². The van der Waals surface area contributed by atoms with Gasteiger partial charge in [-0.3, -0.25) is 10.1 Å². The van der Waals surface area contributed by atoms with Gasteiger partial charge in [0.2, 0.25) is 0 Å². The van der Waals surface area contributed by atoms with Gasteiger partial charge in [-0.15, -0.1) is 0 Å². The molecule has 1 amide bonds. The number of rotatable bonds is 3. The summed E-state index contributed by atoms with van der Waals surface area (Å²) >= 11 is 8.21. The van der Waals surface area contributed by atoms with Gasteiger partial charge in [-0.05, 0) is 83.6 Å². The third kappa shape index (κ3) is 3.95. The predicted octanol–water partition coefficient (Wildman–Crippen LogP) is 6.92. The summed E-state index contributed by atoms with van der Waals surface area (Å²) in [6.07, 6.45) is 2.66. The molecule has 3 aliphatic heterocycles. The lowest BCUT2D eigenvalue weighted by Gasteiger charge is -2.45. The number of fused-ring (bicyclic) bond motifs is 4. The smallest absolute Gasteiger partial charge is 0.314 e. The number of nitrogens with one attached hydrogen (secondary N) is 1. The molecule has 3 aromatic rings. The zero-order valence-corrected chi connectivity index (χ0v) is 22.5. The minimum atomic E-state index is -1.23. The minimum Gasteiger partial charge on any atom is -0.497 e. The first-order valence-corrected chi connectivity index (χ1v) is 13.3. The van der Waals surface area contributed by atoms with Crippen LogP contribution in [0.3, 0.4) is 0 Å². The molecule has 35 heavy (non-hydrogen) atoms. The van der Waals surface area contributed by atoms with Gasteiger partial charge in [-0.25, -0.2) is 5.01 Å². The molecule has 6 nitrogen and oxygen atoms in total. The fourth-order valence-electron chi connectivity index (χ4n) is 4.56. The number of ether oxygens (including phenoxy) is 2. The van der Waals surface area contributed by atoms with Crippen molar-refractivity contribution in [2.45, 2.75) is 18.3 Å². The summed E-state index contributed by atoms with van der Waals surface area (Å²) in [7, 11) is 1.65. The highest BCUT2D eigenvalue weighted by Crippen LogP contribution is 2.53. The van der Waals surface area contributed by atoms with Gasteiger partial charge in [-0.1, -0.05) is 44.0 Å². The van der Waals surface area contributed by atoms with Gasteiger partial charge in [0.25, 0.3) is 5.24 Å². The van der Waals surface area contributed by atoms with Crippen molar-refractivity contribution in [2.75, 3.05) is 7.11 Å². The van der Waals surface area contributed by atoms with Crippen molar-refractivity contribution >= 4 is 60.6 Å². The Bertz CT molecular complexity index is 1390. The van der Waals surface area contributed by atoms with E-state index >= 15 is 0 Å². The van der Waals surface area contributed by atoms with Crippen LogP contribution in [0.5, 0.6) is 11.5 Å². The van der Waals surface area contributed by atoms with Crippen molar-refractivity contribution in [3.05, 3.63) is 97.3 Å². The topological polar surface area (TPSA) is 63.2 Å². The SMILES string of the molecule is COc1ccc(C2=NN3[C@H](C2)c2cc(Br)ccc2O[C@@]32NC(=O)S/C2=C\c2ccc(Br)cc2)cc1. The summed E-state index contributed by atoms with van der Waals surface area (Å²) in [6, 6.07) is 21.6. The van der Waals surface area contributed by atoms with E-state index in [9.17, 15) is 4.79 Å². The van der Waals surface area contributed by atoms with E-state index in [1.54, 1.807) is 7.11 Å². The Kier molecular flexibility index (Phi) is 5.66. The summed E-state index contributed by atoms with van der Waals surface area (Å²) in [5.41, 5.74) is 3.91. The van der Waals surface area contributed by atoms with Gasteiger partial charge in [0.05, 0.1) is 23.8 Å². The van der Waals surface area contributed by atoms with E-state index in [2.05, 4.69) is 43.2 Å². The Morgan fingerprint density at radius 1 is 1.11 bits per heavy atom. The third-order valence-corrected chi connectivity index (χ3v) is 8.14. The summed E-state index contributed by atoms with van der Waals surface area (Å²) in [5, 5.41) is 9.84. The van der Waals surface area contributed by atoms with Crippen molar-refractivity contribution in [2.24, 2.45) is 5.10 Å². The van der Waals surface area contributed by atoms with E-state index < -0.39 is 5.85 Å². The van der Waals surface area contributed by atoms with E-state index in [4.69, 9.17) is 14.6 Å². The largest absolute Gasteiger partial charge is 0.497 e. The molecule has 3 heterocycles. The normalized spacial score (nSPS) is 23.6. The first-order valence-electron chi connectivity index (χ1n) is 10.9.